The van der Waals surface area contributed by atoms with Crippen LogP contribution in [-0.2, 0) is 15.7 Å². The molecule has 0 atom stereocenters. The second-order valence-electron chi connectivity index (χ2n) is 4.41. The van der Waals surface area contributed by atoms with Crippen molar-refractivity contribution >= 4 is 43.1 Å². The molecule has 0 amide bonds. The lowest BCUT2D eigenvalue weighted by Gasteiger charge is -2.23. The zero-order chi connectivity index (χ0) is 13.2. The zero-order valence-electron chi connectivity index (χ0n) is 9.90. The molecule has 0 aromatic heterocycles. The number of alkyl halides is 1. The molecule has 6 heteroatoms. The normalized spacial score (nSPS) is 19.6. The van der Waals surface area contributed by atoms with Crippen LogP contribution in [0.1, 0.15) is 12.0 Å². The van der Waals surface area contributed by atoms with Crippen molar-refractivity contribution in [2.24, 2.45) is 0 Å². The van der Waals surface area contributed by atoms with Crippen molar-refractivity contribution in [3.63, 3.8) is 0 Å². The Morgan fingerprint density at radius 3 is 2.72 bits per heavy atom. The smallest absolute Gasteiger partial charge is 0.152 e. The molecule has 1 aliphatic rings. The predicted octanol–water partition coefficient (Wildman–Crippen LogP) is 2.81. The van der Waals surface area contributed by atoms with Crippen LogP contribution in [0.4, 0.5) is 5.69 Å². The maximum atomic E-state index is 11.6. The quantitative estimate of drug-likeness (QED) is 0.768. The fourth-order valence-electron chi connectivity index (χ4n) is 2.07. The van der Waals surface area contributed by atoms with Crippen LogP contribution >= 0.6 is 27.5 Å². The van der Waals surface area contributed by atoms with Crippen LogP contribution in [0.25, 0.3) is 0 Å². The summed E-state index contributed by atoms with van der Waals surface area (Å²) in [5, 5.41) is 0. The topological polar surface area (TPSA) is 37.4 Å². The highest BCUT2D eigenvalue weighted by atomic mass is 79.9. The van der Waals surface area contributed by atoms with Crippen LogP contribution < -0.4 is 4.90 Å². The summed E-state index contributed by atoms with van der Waals surface area (Å²) in [5.41, 5.74) is 2.09. The molecule has 0 spiro atoms. The Labute approximate surface area is 121 Å². The summed E-state index contributed by atoms with van der Waals surface area (Å²) in [5.74, 6) is 1.00. The Kier molecular flexibility index (Phi) is 4.56. The molecule has 1 heterocycles. The van der Waals surface area contributed by atoms with Crippen LogP contribution in [0.2, 0.25) is 0 Å². The van der Waals surface area contributed by atoms with E-state index in [4.69, 9.17) is 11.6 Å². The number of nitrogens with zero attached hydrogens (tertiary/aromatic N) is 1. The maximum absolute atomic E-state index is 11.6. The highest BCUT2D eigenvalue weighted by Gasteiger charge is 2.20. The number of benzene rings is 1. The molecule has 0 N–H and O–H groups in total. The van der Waals surface area contributed by atoms with E-state index in [1.807, 2.05) is 18.2 Å². The number of sulfone groups is 1. The molecule has 0 saturated carbocycles. The Bertz CT molecular complexity index is 533. The lowest BCUT2D eigenvalue weighted by Crippen LogP contribution is -2.27. The lowest BCUT2D eigenvalue weighted by atomic mass is 10.2. The molecular weight excluding hydrogens is 338 g/mol. The van der Waals surface area contributed by atoms with E-state index in [2.05, 4.69) is 20.8 Å². The Morgan fingerprint density at radius 2 is 2.06 bits per heavy atom. The lowest BCUT2D eigenvalue weighted by molar-refractivity contribution is 0.597. The molecular formula is C12H15BrClNO2S. The Balaban J connectivity index is 2.21. The van der Waals surface area contributed by atoms with Gasteiger partial charge in [0.25, 0.3) is 0 Å². The summed E-state index contributed by atoms with van der Waals surface area (Å²) >= 11 is 9.31. The fourth-order valence-corrected chi connectivity index (χ4v) is 4.18. The molecule has 1 fully saturated rings. The van der Waals surface area contributed by atoms with E-state index in [-0.39, 0.29) is 5.75 Å². The maximum Gasteiger partial charge on any atom is 0.152 e. The van der Waals surface area contributed by atoms with Crippen molar-refractivity contribution in [3.8, 4) is 0 Å². The average Bonchev–Trinajstić information content (AvgIpc) is 2.50. The molecule has 1 aromatic rings. The van der Waals surface area contributed by atoms with Gasteiger partial charge >= 0.3 is 0 Å². The molecule has 1 aliphatic heterocycles. The van der Waals surface area contributed by atoms with Gasteiger partial charge in [0.2, 0.25) is 0 Å². The van der Waals surface area contributed by atoms with Crippen molar-refractivity contribution in [2.75, 3.05) is 29.5 Å². The first-order valence-electron chi connectivity index (χ1n) is 5.81. The third-order valence-corrected chi connectivity index (χ3v) is 5.72. The Hall–Kier alpha value is -0.260. The summed E-state index contributed by atoms with van der Waals surface area (Å²) in [7, 11) is -2.86. The van der Waals surface area contributed by atoms with E-state index < -0.39 is 9.84 Å². The van der Waals surface area contributed by atoms with Gasteiger partial charge in [0.1, 0.15) is 0 Å². The Morgan fingerprint density at radius 1 is 1.28 bits per heavy atom. The highest BCUT2D eigenvalue weighted by Crippen LogP contribution is 2.29. The van der Waals surface area contributed by atoms with Crippen LogP contribution in [0.3, 0.4) is 0 Å². The predicted molar refractivity (Wildman–Crippen MR) is 79.2 cm³/mol. The summed E-state index contributed by atoms with van der Waals surface area (Å²) in [6.45, 7) is 1.33. The molecule has 0 unspecified atom stereocenters. The molecule has 1 aromatic carbocycles. The van der Waals surface area contributed by atoms with Gasteiger partial charge in [0.05, 0.1) is 17.2 Å². The third kappa shape index (κ3) is 3.39. The van der Waals surface area contributed by atoms with Crippen molar-refractivity contribution < 1.29 is 8.42 Å². The summed E-state index contributed by atoms with van der Waals surface area (Å²) in [6, 6.07) is 5.97. The zero-order valence-corrected chi connectivity index (χ0v) is 13.1. The van der Waals surface area contributed by atoms with E-state index in [1.54, 1.807) is 0 Å². The van der Waals surface area contributed by atoms with E-state index in [1.165, 1.54) is 0 Å². The first-order valence-corrected chi connectivity index (χ1v) is 8.96. The standard InChI is InChI=1S/C12H15BrClNO2S/c13-11-8-10(9-14)2-3-12(11)15-4-1-6-18(16,17)7-5-15/h2-3,8H,1,4-7,9H2. The van der Waals surface area contributed by atoms with E-state index in [9.17, 15) is 8.42 Å². The van der Waals surface area contributed by atoms with E-state index in [0.29, 0.717) is 24.6 Å². The largest absolute Gasteiger partial charge is 0.370 e. The van der Waals surface area contributed by atoms with Crippen molar-refractivity contribution in [2.45, 2.75) is 12.3 Å². The SMILES string of the molecule is O=S1(=O)CCCN(c2ccc(CCl)cc2Br)CC1. The average molecular weight is 353 g/mol. The third-order valence-electron chi connectivity index (χ3n) is 3.06. The first-order chi connectivity index (χ1) is 8.52. The van der Waals surface area contributed by atoms with Crippen molar-refractivity contribution in [1.82, 2.24) is 0 Å². The van der Waals surface area contributed by atoms with Gasteiger partial charge in [-0.25, -0.2) is 8.42 Å². The molecule has 0 aliphatic carbocycles. The van der Waals surface area contributed by atoms with Gasteiger partial charge in [-0.3, -0.25) is 0 Å². The van der Waals surface area contributed by atoms with Crippen molar-refractivity contribution in [1.29, 1.82) is 0 Å². The number of halogens is 2. The van der Waals surface area contributed by atoms with Crippen LogP contribution in [0, 0.1) is 0 Å². The fraction of sp³-hybridized carbons (Fsp3) is 0.500. The van der Waals surface area contributed by atoms with Gasteiger partial charge in [0.15, 0.2) is 9.84 Å². The summed E-state index contributed by atoms with van der Waals surface area (Å²) < 4.78 is 24.1. The highest BCUT2D eigenvalue weighted by molar-refractivity contribution is 9.10. The second-order valence-corrected chi connectivity index (χ2v) is 7.84. The van der Waals surface area contributed by atoms with E-state index >= 15 is 0 Å². The molecule has 2 rings (SSSR count). The molecule has 0 radical (unpaired) electrons. The van der Waals surface area contributed by atoms with Gasteiger partial charge in [-0.2, -0.15) is 0 Å². The van der Waals surface area contributed by atoms with Gasteiger partial charge in [-0.05, 0) is 40.0 Å². The number of anilines is 1. The number of rotatable bonds is 2. The molecule has 18 heavy (non-hydrogen) atoms. The van der Waals surface area contributed by atoms with Crippen LogP contribution in [0.5, 0.6) is 0 Å². The van der Waals surface area contributed by atoms with Gasteiger partial charge in [-0.15, -0.1) is 11.6 Å². The van der Waals surface area contributed by atoms with Crippen molar-refractivity contribution in [3.05, 3.63) is 28.2 Å². The van der Waals surface area contributed by atoms with Gasteiger partial charge in [-0.1, -0.05) is 6.07 Å². The minimum Gasteiger partial charge on any atom is -0.370 e. The summed E-state index contributed by atoms with van der Waals surface area (Å²) in [4.78, 5) is 2.12. The summed E-state index contributed by atoms with van der Waals surface area (Å²) in [6.07, 6.45) is 0.687. The second kappa shape index (κ2) is 5.80. The van der Waals surface area contributed by atoms with Crippen LogP contribution in [0.15, 0.2) is 22.7 Å². The molecule has 100 valence electrons. The first kappa shape index (κ1) is 14.2. The number of hydrogen-bond donors (Lipinski definition) is 0. The molecule has 3 nitrogen and oxygen atoms in total. The number of hydrogen-bond acceptors (Lipinski definition) is 3. The molecule has 1 saturated heterocycles. The molecule has 0 bridgehead atoms. The van der Waals surface area contributed by atoms with Gasteiger partial charge in [0, 0.05) is 23.4 Å². The monoisotopic (exact) mass is 351 g/mol. The van der Waals surface area contributed by atoms with Gasteiger partial charge < -0.3 is 4.90 Å². The van der Waals surface area contributed by atoms with E-state index in [0.717, 1.165) is 22.3 Å². The minimum absolute atomic E-state index is 0.233. The van der Waals surface area contributed by atoms with Crippen LogP contribution in [-0.4, -0.2) is 33.0 Å². The minimum atomic E-state index is -2.86.